The van der Waals surface area contributed by atoms with Crippen LogP contribution >= 0.6 is 0 Å². The van der Waals surface area contributed by atoms with Gasteiger partial charge in [0.05, 0.1) is 12.7 Å². The number of amides is 1. The molecule has 1 rings (SSSR count). The number of hydrogen-bond donors (Lipinski definition) is 1. The van der Waals surface area contributed by atoms with Crippen molar-refractivity contribution in [1.29, 1.82) is 5.26 Å². The van der Waals surface area contributed by atoms with Crippen molar-refractivity contribution in [3.8, 4) is 6.07 Å². The first-order chi connectivity index (χ1) is 8.67. The summed E-state index contributed by atoms with van der Waals surface area (Å²) >= 11 is 0. The average Bonchev–Trinajstić information content (AvgIpc) is 2.37. The Morgan fingerprint density at radius 2 is 2.28 bits per heavy atom. The van der Waals surface area contributed by atoms with Crippen LogP contribution in [0.2, 0.25) is 0 Å². The molecule has 0 bridgehead atoms. The summed E-state index contributed by atoms with van der Waals surface area (Å²) in [5.74, 6) is -0.301. The summed E-state index contributed by atoms with van der Waals surface area (Å²) in [4.78, 5) is 21.3. The topological polar surface area (TPSA) is 71.3 Å². The van der Waals surface area contributed by atoms with Crippen molar-refractivity contribution in [1.82, 2.24) is 5.32 Å². The molecule has 1 aromatic carbocycles. The van der Waals surface area contributed by atoms with E-state index in [1.165, 1.54) is 0 Å². The van der Waals surface area contributed by atoms with E-state index in [2.05, 4.69) is 10.2 Å². The van der Waals surface area contributed by atoms with Crippen molar-refractivity contribution < 1.29 is 14.6 Å². The van der Waals surface area contributed by atoms with Crippen LogP contribution < -0.4 is 5.32 Å². The summed E-state index contributed by atoms with van der Waals surface area (Å²) in [5.41, 5.74) is 1.51. The predicted octanol–water partition coefficient (Wildman–Crippen LogP) is 1.59. The van der Waals surface area contributed by atoms with Crippen LogP contribution in [0.1, 0.15) is 22.8 Å². The molecule has 18 heavy (non-hydrogen) atoms. The highest BCUT2D eigenvalue weighted by Crippen LogP contribution is 2.04. The van der Waals surface area contributed by atoms with Crippen LogP contribution in [0.3, 0.4) is 0 Å². The maximum atomic E-state index is 11.8. The Morgan fingerprint density at radius 1 is 1.50 bits per heavy atom. The van der Waals surface area contributed by atoms with E-state index in [-0.39, 0.29) is 12.5 Å². The van der Waals surface area contributed by atoms with Gasteiger partial charge in [-0.15, -0.1) is 0 Å². The first-order valence-corrected chi connectivity index (χ1v) is 5.69. The van der Waals surface area contributed by atoms with Crippen molar-refractivity contribution in [3.05, 3.63) is 35.4 Å². The second-order valence-corrected chi connectivity index (χ2v) is 3.72. The fraction of sp³-hybridized carbons (Fsp3) is 0.385. The molecule has 1 unspecified atom stereocenters. The van der Waals surface area contributed by atoms with Crippen LogP contribution in [0.15, 0.2) is 24.3 Å². The van der Waals surface area contributed by atoms with Gasteiger partial charge in [0.15, 0.2) is 0 Å². The Hall–Kier alpha value is -1.90. The van der Waals surface area contributed by atoms with Gasteiger partial charge in [0.1, 0.15) is 12.6 Å². The van der Waals surface area contributed by atoms with Crippen molar-refractivity contribution in [2.45, 2.75) is 19.9 Å². The number of benzene rings is 1. The molecule has 0 aromatic heterocycles. The van der Waals surface area contributed by atoms with Crippen LogP contribution in [0, 0.1) is 18.3 Å². The first kappa shape index (κ1) is 14.2. The number of nitriles is 1. The van der Waals surface area contributed by atoms with Crippen LogP contribution in [0.5, 0.6) is 0 Å². The van der Waals surface area contributed by atoms with Crippen LogP contribution in [0.4, 0.5) is 0 Å². The SMILES string of the molecule is CCOOCC(C#N)NC(=O)c1cccc(C)c1. The zero-order chi connectivity index (χ0) is 13.4. The van der Waals surface area contributed by atoms with E-state index in [0.717, 1.165) is 5.56 Å². The van der Waals surface area contributed by atoms with Gasteiger partial charge in [-0.2, -0.15) is 5.26 Å². The third kappa shape index (κ3) is 4.53. The maximum Gasteiger partial charge on any atom is 0.252 e. The summed E-state index contributed by atoms with van der Waals surface area (Å²) in [6.45, 7) is 4.06. The number of nitrogens with one attached hydrogen (secondary N) is 1. The van der Waals surface area contributed by atoms with E-state index in [4.69, 9.17) is 10.1 Å². The molecule has 0 aliphatic rings. The summed E-state index contributed by atoms with van der Waals surface area (Å²) < 4.78 is 0. The highest BCUT2D eigenvalue weighted by Gasteiger charge is 2.13. The Labute approximate surface area is 106 Å². The van der Waals surface area contributed by atoms with Gasteiger partial charge in [-0.25, -0.2) is 9.78 Å². The monoisotopic (exact) mass is 248 g/mol. The molecular weight excluding hydrogens is 232 g/mol. The largest absolute Gasteiger partial charge is 0.334 e. The Balaban J connectivity index is 2.54. The van der Waals surface area contributed by atoms with E-state index in [0.29, 0.717) is 12.2 Å². The molecule has 1 N–H and O–H groups in total. The summed E-state index contributed by atoms with van der Waals surface area (Å²) in [5, 5.41) is 11.4. The molecule has 0 spiro atoms. The second-order valence-electron chi connectivity index (χ2n) is 3.72. The minimum Gasteiger partial charge on any atom is -0.334 e. The molecule has 0 saturated heterocycles. The van der Waals surface area contributed by atoms with Crippen molar-refractivity contribution in [3.63, 3.8) is 0 Å². The number of nitrogens with zero attached hydrogens (tertiary/aromatic N) is 1. The molecule has 1 aromatic rings. The van der Waals surface area contributed by atoms with Gasteiger partial charge in [-0.3, -0.25) is 4.79 Å². The first-order valence-electron chi connectivity index (χ1n) is 5.69. The number of carbonyl (C=O) groups excluding carboxylic acids is 1. The third-order valence-corrected chi connectivity index (χ3v) is 2.18. The molecular formula is C13H16N2O3. The zero-order valence-electron chi connectivity index (χ0n) is 10.5. The molecule has 96 valence electrons. The van der Waals surface area contributed by atoms with E-state index in [1.807, 2.05) is 19.1 Å². The molecule has 1 amide bonds. The molecule has 1 atom stereocenters. The zero-order valence-corrected chi connectivity index (χ0v) is 10.5. The third-order valence-electron chi connectivity index (χ3n) is 2.18. The minimum atomic E-state index is -0.732. The van der Waals surface area contributed by atoms with Gasteiger partial charge in [-0.05, 0) is 26.0 Å². The molecule has 0 heterocycles. The number of rotatable bonds is 6. The standard InChI is InChI=1S/C13H16N2O3/c1-3-17-18-9-12(8-14)15-13(16)11-6-4-5-10(2)7-11/h4-7,12H,3,9H2,1-2H3,(H,15,16). The lowest BCUT2D eigenvalue weighted by Gasteiger charge is -2.11. The molecule has 5 heteroatoms. The molecule has 0 aliphatic heterocycles. The van der Waals surface area contributed by atoms with Crippen molar-refractivity contribution in [2.75, 3.05) is 13.2 Å². The summed E-state index contributed by atoms with van der Waals surface area (Å²) in [7, 11) is 0. The number of carbonyl (C=O) groups is 1. The lowest BCUT2D eigenvalue weighted by Crippen LogP contribution is -2.37. The molecule has 0 fully saturated rings. The molecule has 0 saturated carbocycles. The van der Waals surface area contributed by atoms with E-state index >= 15 is 0 Å². The van der Waals surface area contributed by atoms with Crippen molar-refractivity contribution >= 4 is 5.91 Å². The fourth-order valence-corrected chi connectivity index (χ4v) is 1.34. The molecule has 5 nitrogen and oxygen atoms in total. The highest BCUT2D eigenvalue weighted by atomic mass is 17.2. The smallest absolute Gasteiger partial charge is 0.252 e. The van der Waals surface area contributed by atoms with Gasteiger partial charge >= 0.3 is 0 Å². The second kappa shape index (κ2) is 7.43. The van der Waals surface area contributed by atoms with Crippen LogP contribution in [0.25, 0.3) is 0 Å². The minimum absolute atomic E-state index is 0.00188. The van der Waals surface area contributed by atoms with Gasteiger partial charge in [-0.1, -0.05) is 17.7 Å². The van der Waals surface area contributed by atoms with Crippen LogP contribution in [-0.2, 0) is 9.78 Å². The van der Waals surface area contributed by atoms with Crippen molar-refractivity contribution in [2.24, 2.45) is 0 Å². The van der Waals surface area contributed by atoms with Gasteiger partial charge in [0.2, 0.25) is 0 Å². The van der Waals surface area contributed by atoms with Crippen LogP contribution in [-0.4, -0.2) is 25.2 Å². The fourth-order valence-electron chi connectivity index (χ4n) is 1.34. The quantitative estimate of drug-likeness (QED) is 0.471. The van der Waals surface area contributed by atoms with Gasteiger partial charge in [0.25, 0.3) is 5.91 Å². The highest BCUT2D eigenvalue weighted by molar-refractivity contribution is 5.94. The van der Waals surface area contributed by atoms with E-state index in [1.54, 1.807) is 25.1 Å². The lowest BCUT2D eigenvalue weighted by molar-refractivity contribution is -0.292. The predicted molar refractivity (Wildman–Crippen MR) is 65.6 cm³/mol. The Bertz CT molecular complexity index is 440. The Morgan fingerprint density at radius 3 is 2.89 bits per heavy atom. The maximum absolute atomic E-state index is 11.8. The molecule has 0 aliphatic carbocycles. The Kier molecular flexibility index (Phi) is 5.85. The van der Waals surface area contributed by atoms with Gasteiger partial charge in [0, 0.05) is 5.56 Å². The number of aryl methyl sites for hydroxylation is 1. The van der Waals surface area contributed by atoms with E-state index in [9.17, 15) is 4.79 Å². The average molecular weight is 248 g/mol. The molecule has 0 radical (unpaired) electrons. The lowest BCUT2D eigenvalue weighted by atomic mass is 10.1. The van der Waals surface area contributed by atoms with E-state index < -0.39 is 6.04 Å². The number of hydrogen-bond acceptors (Lipinski definition) is 4. The summed E-state index contributed by atoms with van der Waals surface area (Å²) in [6.07, 6.45) is 0. The normalized spacial score (nSPS) is 11.6. The summed E-state index contributed by atoms with van der Waals surface area (Å²) in [6, 6.07) is 8.35. The van der Waals surface area contributed by atoms with Gasteiger partial charge < -0.3 is 5.32 Å².